The lowest BCUT2D eigenvalue weighted by Gasteiger charge is -2.20. The Bertz CT molecular complexity index is 4040. The van der Waals surface area contributed by atoms with E-state index in [1.165, 1.54) is 61.2 Å². The topological polar surface area (TPSA) is 73.3 Å². The first-order valence-electron chi connectivity index (χ1n) is 27.1. The Labute approximate surface area is 452 Å². The molecule has 0 radical (unpaired) electrons. The molecule has 5 heterocycles. The van der Waals surface area contributed by atoms with Gasteiger partial charge in [-0.3, -0.25) is 13.8 Å². The van der Waals surface area contributed by atoms with Gasteiger partial charge in [-0.05, 0) is 150 Å². The van der Waals surface area contributed by atoms with Gasteiger partial charge in [0, 0.05) is 51.3 Å². The lowest BCUT2D eigenvalue weighted by molar-refractivity contribution is 0.539. The number of aryl methyl sites for hydroxylation is 7. The van der Waals surface area contributed by atoms with E-state index < -0.39 is 0 Å². The molecule has 0 saturated heterocycles. The maximum atomic E-state index is 5.28. The van der Waals surface area contributed by atoms with Crippen molar-refractivity contribution < 1.29 is 0 Å². The van der Waals surface area contributed by atoms with Crippen LogP contribution in [0.5, 0.6) is 0 Å². The Morgan fingerprint density at radius 1 is 0.377 bits per heavy atom. The fourth-order valence-corrected chi connectivity index (χ4v) is 11.3. The number of hydrogen-bond acceptors (Lipinski definition) is 5. The molecule has 0 N–H and O–H groups in total. The van der Waals surface area contributed by atoms with Crippen molar-refractivity contribution in [3.05, 3.63) is 233 Å². The zero-order chi connectivity index (χ0) is 53.2. The van der Waals surface area contributed by atoms with Crippen molar-refractivity contribution in [3.63, 3.8) is 0 Å². The second-order valence-electron chi connectivity index (χ2n) is 23.2. The summed E-state index contributed by atoms with van der Waals surface area (Å²) < 4.78 is 4.35. The molecule has 0 amide bonds. The molecule has 380 valence electrons. The van der Waals surface area contributed by atoms with Gasteiger partial charge in [0.1, 0.15) is 22.9 Å². The standard InChI is InChI=1S/C70H65N7/c1-44-34-52(51-16-11-10-12-17-51)28-32-57(44)53-18-15-19-54(40-53)62-33-29-55(41-71-62)58-20-13-14-21-59(58)56-36-49(24-22-47-26-30-60-63(38-47)74-67(69(4,5)6)76-42-45(2)72-65(60)76)35-50(37-56)25-23-48-27-31-61-64(39-48)75-68(70(7,8)9)77-43-46(3)73-66(61)77/h10-21,26-43H,22-25H2,1-9H3. The first-order valence-corrected chi connectivity index (χ1v) is 27.1. The minimum absolute atomic E-state index is 0.145. The van der Waals surface area contributed by atoms with Gasteiger partial charge in [0.05, 0.1) is 28.1 Å². The van der Waals surface area contributed by atoms with E-state index in [4.69, 9.17) is 24.9 Å². The number of fused-ring (bicyclic) bond motifs is 6. The molecular formula is C70H65N7. The van der Waals surface area contributed by atoms with E-state index in [9.17, 15) is 0 Å². The van der Waals surface area contributed by atoms with Crippen LogP contribution in [0.2, 0.25) is 0 Å². The Kier molecular flexibility index (Phi) is 12.5. The van der Waals surface area contributed by atoms with Crippen LogP contribution in [0, 0.1) is 20.8 Å². The van der Waals surface area contributed by atoms with E-state index in [-0.39, 0.29) is 10.8 Å². The van der Waals surface area contributed by atoms with E-state index in [0.717, 1.165) is 104 Å². The number of rotatable bonds is 11. The van der Waals surface area contributed by atoms with Crippen molar-refractivity contribution >= 4 is 33.1 Å². The Morgan fingerprint density at radius 2 is 0.896 bits per heavy atom. The SMILES string of the molecule is Cc1cn2c(C(C)(C)C)nc3cc(CCc4cc(CCc5ccc6c(c5)nc(C(C)(C)C)n5cc(C)nc65)cc(-c5ccccc5-c5ccc(-c6cccc(-c7ccc(-c8ccccc8)cc7C)c6)nc5)c4)ccc3c2n1. The average molecular weight is 1000 g/mol. The molecule has 77 heavy (non-hydrogen) atoms. The maximum absolute atomic E-state index is 5.28. The van der Waals surface area contributed by atoms with Gasteiger partial charge in [0.15, 0.2) is 0 Å². The molecule has 0 bridgehead atoms. The van der Waals surface area contributed by atoms with Crippen LogP contribution in [0.25, 0.3) is 88.9 Å². The van der Waals surface area contributed by atoms with Crippen molar-refractivity contribution in [3.8, 4) is 55.8 Å². The van der Waals surface area contributed by atoms with Crippen molar-refractivity contribution in [2.75, 3.05) is 0 Å². The Morgan fingerprint density at radius 3 is 1.44 bits per heavy atom. The van der Waals surface area contributed by atoms with Gasteiger partial charge in [-0.1, -0.05) is 169 Å². The summed E-state index contributed by atoms with van der Waals surface area (Å²) in [6.07, 6.45) is 9.78. The smallest absolute Gasteiger partial charge is 0.147 e. The van der Waals surface area contributed by atoms with Crippen molar-refractivity contribution in [2.24, 2.45) is 0 Å². The van der Waals surface area contributed by atoms with Crippen LogP contribution in [0.4, 0.5) is 0 Å². The fourth-order valence-electron chi connectivity index (χ4n) is 11.3. The first-order chi connectivity index (χ1) is 37.1. The van der Waals surface area contributed by atoms with Gasteiger partial charge >= 0.3 is 0 Å². The molecule has 0 aliphatic carbocycles. The molecule has 0 atom stereocenters. The molecular weight excluding hydrogens is 939 g/mol. The molecule has 0 unspecified atom stereocenters. The Hall–Kier alpha value is -8.55. The molecule has 12 rings (SSSR count). The van der Waals surface area contributed by atoms with E-state index in [1.807, 2.05) is 6.20 Å². The van der Waals surface area contributed by atoms with E-state index in [0.29, 0.717) is 0 Å². The van der Waals surface area contributed by atoms with Gasteiger partial charge in [-0.25, -0.2) is 19.9 Å². The van der Waals surface area contributed by atoms with Gasteiger partial charge < -0.3 is 0 Å². The third-order valence-corrected chi connectivity index (χ3v) is 15.1. The first kappa shape index (κ1) is 49.3. The van der Waals surface area contributed by atoms with Gasteiger partial charge in [0.2, 0.25) is 0 Å². The zero-order valence-electron chi connectivity index (χ0n) is 45.8. The van der Waals surface area contributed by atoms with Crippen LogP contribution < -0.4 is 0 Å². The number of benzene rings is 7. The van der Waals surface area contributed by atoms with Crippen molar-refractivity contribution in [2.45, 2.75) is 98.8 Å². The van der Waals surface area contributed by atoms with Crippen LogP contribution in [-0.4, -0.2) is 33.7 Å². The summed E-state index contributed by atoms with van der Waals surface area (Å²) in [5.41, 5.74) is 23.5. The Balaban J connectivity index is 0.869. The third-order valence-electron chi connectivity index (χ3n) is 15.1. The minimum atomic E-state index is -0.145. The second-order valence-corrected chi connectivity index (χ2v) is 23.2. The maximum Gasteiger partial charge on any atom is 0.147 e. The molecule has 7 nitrogen and oxygen atoms in total. The summed E-state index contributed by atoms with van der Waals surface area (Å²) >= 11 is 0. The summed E-state index contributed by atoms with van der Waals surface area (Å²) in [6.45, 7) is 19.7. The van der Waals surface area contributed by atoms with E-state index in [2.05, 4.69) is 247 Å². The van der Waals surface area contributed by atoms with Crippen LogP contribution >= 0.6 is 0 Å². The molecule has 0 fully saturated rings. The van der Waals surface area contributed by atoms with Crippen LogP contribution in [0.3, 0.4) is 0 Å². The fraction of sp³-hybridized carbons (Fsp3) is 0.214. The van der Waals surface area contributed by atoms with Gasteiger partial charge in [-0.15, -0.1) is 0 Å². The van der Waals surface area contributed by atoms with Gasteiger partial charge in [0.25, 0.3) is 0 Å². The largest absolute Gasteiger partial charge is 0.287 e. The highest BCUT2D eigenvalue weighted by Gasteiger charge is 2.24. The number of nitrogens with zero attached hydrogens (tertiary/aromatic N) is 7. The molecule has 12 aromatic rings. The van der Waals surface area contributed by atoms with Crippen molar-refractivity contribution in [1.82, 2.24) is 33.7 Å². The highest BCUT2D eigenvalue weighted by atomic mass is 15.1. The zero-order valence-corrected chi connectivity index (χ0v) is 45.8. The number of imidazole rings is 2. The summed E-state index contributed by atoms with van der Waals surface area (Å²) in [7, 11) is 0. The highest BCUT2D eigenvalue weighted by molar-refractivity contribution is 5.93. The van der Waals surface area contributed by atoms with Crippen LogP contribution in [-0.2, 0) is 36.5 Å². The average Bonchev–Trinajstić information content (AvgIpc) is 4.14. The number of aromatic nitrogens is 7. The van der Waals surface area contributed by atoms with E-state index >= 15 is 0 Å². The second kappa shape index (κ2) is 19.5. The monoisotopic (exact) mass is 1000 g/mol. The molecule has 5 aromatic heterocycles. The predicted molar refractivity (Wildman–Crippen MR) is 319 cm³/mol. The third kappa shape index (κ3) is 9.83. The quantitative estimate of drug-likeness (QED) is 0.129. The van der Waals surface area contributed by atoms with E-state index in [1.54, 1.807) is 0 Å². The molecule has 0 aliphatic heterocycles. The molecule has 0 aliphatic rings. The summed E-state index contributed by atoms with van der Waals surface area (Å²) in [5.74, 6) is 2.04. The summed E-state index contributed by atoms with van der Waals surface area (Å²) in [4.78, 5) is 25.6. The van der Waals surface area contributed by atoms with Crippen molar-refractivity contribution in [1.29, 1.82) is 0 Å². The number of hydrogen-bond donors (Lipinski definition) is 0. The summed E-state index contributed by atoms with van der Waals surface area (Å²) in [6, 6.07) is 60.1. The lowest BCUT2D eigenvalue weighted by Crippen LogP contribution is -2.18. The summed E-state index contributed by atoms with van der Waals surface area (Å²) in [5, 5.41) is 2.16. The highest BCUT2D eigenvalue weighted by Crippen LogP contribution is 2.37. The minimum Gasteiger partial charge on any atom is -0.287 e. The molecule has 7 aromatic carbocycles. The molecule has 0 saturated carbocycles. The predicted octanol–water partition coefficient (Wildman–Crippen LogP) is 16.9. The molecule has 0 spiro atoms. The van der Waals surface area contributed by atoms with Crippen LogP contribution in [0.15, 0.2) is 182 Å². The van der Waals surface area contributed by atoms with Gasteiger partial charge in [-0.2, -0.15) is 0 Å². The number of pyridine rings is 1. The lowest BCUT2D eigenvalue weighted by atomic mass is 9.90. The molecule has 7 heteroatoms. The normalized spacial score (nSPS) is 12.2. The van der Waals surface area contributed by atoms with Crippen LogP contribution in [0.1, 0.15) is 92.4 Å².